The molecule has 4 rings (SSSR count). The fraction of sp³-hybridized carbons (Fsp3) is 0.115. The van der Waals surface area contributed by atoms with Crippen LogP contribution in [0.1, 0.15) is 37.9 Å². The van der Waals surface area contributed by atoms with Crippen LogP contribution in [0.25, 0.3) is 10.9 Å². The number of anilines is 1. The Bertz CT molecular complexity index is 1350. The SMILES string of the molecule is COC(=O)c1cc(NC(c2ccccc2O)c2ccc3cccnc3c2O)cc(C(=O)OC)c1. The van der Waals surface area contributed by atoms with Gasteiger partial charge in [0.2, 0.25) is 0 Å². The Hall–Kier alpha value is -4.59. The van der Waals surface area contributed by atoms with E-state index in [4.69, 9.17) is 9.47 Å². The summed E-state index contributed by atoms with van der Waals surface area (Å²) < 4.78 is 9.63. The lowest BCUT2D eigenvalue weighted by atomic mass is 9.95. The van der Waals surface area contributed by atoms with Crippen LogP contribution in [0.3, 0.4) is 0 Å². The number of phenols is 2. The number of hydrogen-bond acceptors (Lipinski definition) is 8. The minimum Gasteiger partial charge on any atom is -0.508 e. The third-order valence-electron chi connectivity index (χ3n) is 5.42. The fourth-order valence-electron chi connectivity index (χ4n) is 3.78. The molecule has 1 unspecified atom stereocenters. The number of aromatic nitrogens is 1. The number of hydrogen-bond donors (Lipinski definition) is 3. The van der Waals surface area contributed by atoms with Crippen molar-refractivity contribution < 1.29 is 29.3 Å². The molecule has 0 radical (unpaired) electrons. The molecular weight excluding hydrogens is 436 g/mol. The van der Waals surface area contributed by atoms with Crippen LogP contribution < -0.4 is 5.32 Å². The van der Waals surface area contributed by atoms with Gasteiger partial charge in [-0.15, -0.1) is 0 Å². The minimum atomic E-state index is -0.758. The number of pyridine rings is 1. The van der Waals surface area contributed by atoms with Crippen molar-refractivity contribution in [3.05, 3.63) is 95.2 Å². The first-order chi connectivity index (χ1) is 16.4. The van der Waals surface area contributed by atoms with Gasteiger partial charge >= 0.3 is 11.9 Å². The van der Waals surface area contributed by atoms with Crippen LogP contribution in [-0.4, -0.2) is 41.4 Å². The van der Waals surface area contributed by atoms with Gasteiger partial charge in [0.05, 0.1) is 31.4 Å². The smallest absolute Gasteiger partial charge is 0.337 e. The molecule has 1 heterocycles. The van der Waals surface area contributed by atoms with Crippen LogP contribution in [0.15, 0.2) is 72.9 Å². The Labute approximate surface area is 195 Å². The van der Waals surface area contributed by atoms with Gasteiger partial charge in [0, 0.05) is 28.4 Å². The number of aromatic hydroxyl groups is 2. The summed E-state index contributed by atoms with van der Waals surface area (Å²) >= 11 is 0. The lowest BCUT2D eigenvalue weighted by molar-refractivity contribution is 0.0599. The zero-order valence-electron chi connectivity index (χ0n) is 18.5. The van der Waals surface area contributed by atoms with Crippen molar-refractivity contribution in [3.63, 3.8) is 0 Å². The average molecular weight is 458 g/mol. The number of fused-ring (bicyclic) bond motifs is 1. The van der Waals surface area contributed by atoms with Crippen LogP contribution in [0.2, 0.25) is 0 Å². The van der Waals surface area contributed by atoms with E-state index in [0.717, 1.165) is 5.39 Å². The Morgan fingerprint density at radius 2 is 1.53 bits per heavy atom. The summed E-state index contributed by atoms with van der Waals surface area (Å²) in [6.45, 7) is 0. The lowest BCUT2D eigenvalue weighted by Gasteiger charge is -2.24. The fourth-order valence-corrected chi connectivity index (χ4v) is 3.78. The van der Waals surface area contributed by atoms with Gasteiger partial charge in [-0.2, -0.15) is 0 Å². The Morgan fingerprint density at radius 3 is 2.18 bits per heavy atom. The molecule has 1 atom stereocenters. The molecular formula is C26H22N2O6. The normalized spacial score (nSPS) is 11.6. The number of carbonyl (C=O) groups is 2. The quantitative estimate of drug-likeness (QED) is 0.364. The summed E-state index contributed by atoms with van der Waals surface area (Å²) in [5.41, 5.74) is 1.95. The highest BCUT2D eigenvalue weighted by Gasteiger charge is 2.24. The number of methoxy groups -OCH3 is 2. The maximum atomic E-state index is 12.2. The highest BCUT2D eigenvalue weighted by Crippen LogP contribution is 2.39. The van der Waals surface area contributed by atoms with E-state index in [2.05, 4.69) is 10.3 Å². The van der Waals surface area contributed by atoms with E-state index in [9.17, 15) is 19.8 Å². The second-order valence-corrected chi connectivity index (χ2v) is 7.50. The largest absolute Gasteiger partial charge is 0.508 e. The Balaban J connectivity index is 1.88. The molecule has 1 aromatic heterocycles. The molecule has 0 fully saturated rings. The molecule has 0 spiro atoms. The standard InChI is InChI=1S/C26H22N2O6/c1-33-25(31)16-12-17(26(32)34-2)14-18(13-16)28-23(19-7-3-4-8-21(19)29)20-10-9-15-6-5-11-27-22(15)24(20)30/h3-14,23,28-30H,1-2H3. The number of para-hydroxylation sites is 1. The maximum Gasteiger partial charge on any atom is 0.337 e. The summed E-state index contributed by atoms with van der Waals surface area (Å²) in [4.78, 5) is 28.7. The van der Waals surface area contributed by atoms with E-state index in [1.165, 1.54) is 38.5 Å². The first-order valence-corrected chi connectivity index (χ1v) is 10.4. The van der Waals surface area contributed by atoms with Gasteiger partial charge in [0.1, 0.15) is 17.0 Å². The summed E-state index contributed by atoms with van der Waals surface area (Å²) in [5, 5.41) is 25.7. The van der Waals surface area contributed by atoms with Crippen LogP contribution in [0, 0.1) is 0 Å². The molecule has 8 nitrogen and oxygen atoms in total. The van der Waals surface area contributed by atoms with E-state index < -0.39 is 18.0 Å². The molecule has 0 aliphatic carbocycles. The number of nitrogens with one attached hydrogen (secondary N) is 1. The number of carbonyl (C=O) groups excluding carboxylic acids is 2. The van der Waals surface area contributed by atoms with Crippen molar-refractivity contribution in [1.29, 1.82) is 0 Å². The van der Waals surface area contributed by atoms with Crippen molar-refractivity contribution in [3.8, 4) is 11.5 Å². The number of nitrogens with zero attached hydrogens (tertiary/aromatic N) is 1. The molecule has 0 saturated carbocycles. The summed E-state index contributed by atoms with van der Waals surface area (Å²) in [5.74, 6) is -1.33. The highest BCUT2D eigenvalue weighted by molar-refractivity contribution is 5.97. The zero-order chi connectivity index (χ0) is 24.2. The summed E-state index contributed by atoms with van der Waals surface area (Å²) in [7, 11) is 2.48. The average Bonchev–Trinajstić information content (AvgIpc) is 2.87. The van der Waals surface area contributed by atoms with Gasteiger partial charge in [-0.25, -0.2) is 9.59 Å². The molecule has 172 valence electrons. The zero-order valence-corrected chi connectivity index (χ0v) is 18.5. The third-order valence-corrected chi connectivity index (χ3v) is 5.42. The Morgan fingerprint density at radius 1 is 0.853 bits per heavy atom. The minimum absolute atomic E-state index is 0.00201. The topological polar surface area (TPSA) is 118 Å². The molecule has 0 bridgehead atoms. The lowest BCUT2D eigenvalue weighted by Crippen LogP contribution is -2.15. The van der Waals surface area contributed by atoms with Crippen LogP contribution in [0.5, 0.6) is 11.5 Å². The molecule has 0 amide bonds. The molecule has 8 heteroatoms. The number of phenolic OH excluding ortho intramolecular Hbond substituents is 2. The van der Waals surface area contributed by atoms with Gasteiger partial charge < -0.3 is 25.0 Å². The molecule has 3 aromatic carbocycles. The molecule has 0 saturated heterocycles. The van der Waals surface area contributed by atoms with E-state index in [1.807, 2.05) is 12.1 Å². The van der Waals surface area contributed by atoms with Crippen molar-refractivity contribution in [2.75, 3.05) is 19.5 Å². The van der Waals surface area contributed by atoms with Gasteiger partial charge in [-0.3, -0.25) is 4.98 Å². The number of benzene rings is 3. The number of ether oxygens (including phenoxy) is 2. The Kier molecular flexibility index (Phi) is 6.31. The van der Waals surface area contributed by atoms with Crippen molar-refractivity contribution in [2.24, 2.45) is 0 Å². The first kappa shape index (κ1) is 22.6. The van der Waals surface area contributed by atoms with Gasteiger partial charge in [-0.05, 0) is 30.3 Å². The van der Waals surface area contributed by atoms with Crippen molar-refractivity contribution >= 4 is 28.5 Å². The molecule has 0 aliphatic heterocycles. The van der Waals surface area contributed by atoms with Crippen molar-refractivity contribution in [1.82, 2.24) is 4.98 Å². The van der Waals surface area contributed by atoms with E-state index in [-0.39, 0.29) is 22.6 Å². The van der Waals surface area contributed by atoms with E-state index in [1.54, 1.807) is 36.5 Å². The molecule has 34 heavy (non-hydrogen) atoms. The van der Waals surface area contributed by atoms with E-state index >= 15 is 0 Å². The maximum absolute atomic E-state index is 12.2. The third kappa shape index (κ3) is 4.33. The van der Waals surface area contributed by atoms with Crippen molar-refractivity contribution in [2.45, 2.75) is 6.04 Å². The molecule has 0 aliphatic rings. The predicted octanol–water partition coefficient (Wildman–Crippen LogP) is 4.42. The van der Waals surface area contributed by atoms with Gasteiger partial charge in [0.15, 0.2) is 0 Å². The number of esters is 2. The van der Waals surface area contributed by atoms with Gasteiger partial charge in [-0.1, -0.05) is 36.4 Å². The molecule has 4 aromatic rings. The van der Waals surface area contributed by atoms with Crippen LogP contribution in [0.4, 0.5) is 5.69 Å². The highest BCUT2D eigenvalue weighted by atomic mass is 16.5. The first-order valence-electron chi connectivity index (χ1n) is 10.4. The second-order valence-electron chi connectivity index (χ2n) is 7.50. The van der Waals surface area contributed by atoms with Crippen LogP contribution >= 0.6 is 0 Å². The van der Waals surface area contributed by atoms with Gasteiger partial charge in [0.25, 0.3) is 0 Å². The predicted molar refractivity (Wildman–Crippen MR) is 126 cm³/mol. The number of rotatable bonds is 6. The second kappa shape index (κ2) is 9.50. The van der Waals surface area contributed by atoms with E-state index in [0.29, 0.717) is 22.3 Å². The summed E-state index contributed by atoms with van der Waals surface area (Å²) in [6, 6.07) is 17.5. The van der Waals surface area contributed by atoms with Crippen LogP contribution in [-0.2, 0) is 9.47 Å². The summed E-state index contributed by atoms with van der Waals surface area (Å²) in [6.07, 6.45) is 1.58. The molecule has 3 N–H and O–H groups in total. The monoisotopic (exact) mass is 458 g/mol.